The molecule has 2 aromatic heterocycles. The maximum atomic E-state index is 9.45. The van der Waals surface area contributed by atoms with Gasteiger partial charge >= 0.3 is 0 Å². The minimum absolute atomic E-state index is 0.217. The molecule has 1 unspecified atom stereocenters. The average molecular weight is 303 g/mol. The second-order valence-electron chi connectivity index (χ2n) is 6.33. The molecule has 116 valence electrons. The molecular weight excluding hydrogens is 282 g/mol. The third-order valence-corrected chi connectivity index (χ3v) is 4.33. The van der Waals surface area contributed by atoms with Gasteiger partial charge in [-0.15, -0.1) is 0 Å². The lowest BCUT2D eigenvalue weighted by Crippen LogP contribution is -2.01. The first-order chi connectivity index (χ1) is 11.0. The topological polar surface area (TPSA) is 41.1 Å². The highest BCUT2D eigenvalue weighted by Crippen LogP contribution is 2.31. The van der Waals surface area contributed by atoms with Crippen LogP contribution >= 0.6 is 0 Å². The predicted molar refractivity (Wildman–Crippen MR) is 93.5 cm³/mol. The van der Waals surface area contributed by atoms with Gasteiger partial charge in [0.2, 0.25) is 0 Å². The van der Waals surface area contributed by atoms with Crippen LogP contribution in [-0.4, -0.2) is 9.38 Å². The van der Waals surface area contributed by atoms with E-state index in [1.54, 1.807) is 0 Å². The maximum Gasteiger partial charge on any atom is 0.137 e. The van der Waals surface area contributed by atoms with Gasteiger partial charge in [0.05, 0.1) is 23.4 Å². The predicted octanol–water partition coefficient (Wildman–Crippen LogP) is 5.06. The highest BCUT2D eigenvalue weighted by Gasteiger charge is 2.20. The summed E-state index contributed by atoms with van der Waals surface area (Å²) in [5, 5.41) is 9.45. The number of aromatic nitrogens is 2. The fourth-order valence-corrected chi connectivity index (χ4v) is 2.98. The van der Waals surface area contributed by atoms with Crippen LogP contribution in [0.15, 0.2) is 42.5 Å². The monoisotopic (exact) mass is 303 g/mol. The van der Waals surface area contributed by atoms with Crippen molar-refractivity contribution in [2.24, 2.45) is 0 Å². The van der Waals surface area contributed by atoms with E-state index in [1.165, 1.54) is 5.56 Å². The van der Waals surface area contributed by atoms with Gasteiger partial charge in [-0.25, -0.2) is 4.98 Å². The fraction of sp³-hybridized carbons (Fsp3) is 0.300. The number of nitriles is 1. The molecule has 0 amide bonds. The van der Waals surface area contributed by atoms with Gasteiger partial charge in [-0.3, -0.25) is 4.40 Å². The van der Waals surface area contributed by atoms with Crippen LogP contribution in [0.25, 0.3) is 16.9 Å². The molecule has 1 atom stereocenters. The number of hydrogen-bond acceptors (Lipinski definition) is 2. The second-order valence-corrected chi connectivity index (χ2v) is 6.33. The molecule has 0 fully saturated rings. The molecular formula is C20H21N3. The number of imidazole rings is 1. The molecule has 0 saturated heterocycles. The van der Waals surface area contributed by atoms with Crippen LogP contribution in [0.1, 0.15) is 49.6 Å². The van der Waals surface area contributed by atoms with Crippen LogP contribution in [0.2, 0.25) is 0 Å². The molecule has 0 aliphatic carbocycles. The van der Waals surface area contributed by atoms with Crippen molar-refractivity contribution in [3.05, 3.63) is 59.4 Å². The van der Waals surface area contributed by atoms with Crippen molar-refractivity contribution in [2.75, 3.05) is 0 Å². The highest BCUT2D eigenvalue weighted by molar-refractivity contribution is 5.68. The molecule has 3 aromatic rings. The molecule has 23 heavy (non-hydrogen) atoms. The van der Waals surface area contributed by atoms with Gasteiger partial charge < -0.3 is 0 Å². The Balaban J connectivity index is 2.24. The summed E-state index contributed by atoms with van der Waals surface area (Å²) >= 11 is 0. The molecule has 3 nitrogen and oxygen atoms in total. The van der Waals surface area contributed by atoms with Gasteiger partial charge in [-0.05, 0) is 37.5 Å². The zero-order valence-electron chi connectivity index (χ0n) is 14.0. The number of hydrogen-bond donors (Lipinski definition) is 0. The van der Waals surface area contributed by atoms with Crippen molar-refractivity contribution in [1.29, 1.82) is 5.26 Å². The van der Waals surface area contributed by atoms with Crippen LogP contribution in [0.3, 0.4) is 0 Å². The van der Waals surface area contributed by atoms with Crippen molar-refractivity contribution in [3.8, 4) is 17.3 Å². The fourth-order valence-electron chi connectivity index (χ4n) is 2.98. The summed E-state index contributed by atoms with van der Waals surface area (Å²) in [6, 6.07) is 16.9. The van der Waals surface area contributed by atoms with E-state index in [-0.39, 0.29) is 5.92 Å². The van der Waals surface area contributed by atoms with Gasteiger partial charge in [0.15, 0.2) is 0 Å². The van der Waals surface area contributed by atoms with E-state index in [0.717, 1.165) is 28.3 Å². The Hall–Kier alpha value is -2.60. The van der Waals surface area contributed by atoms with Crippen molar-refractivity contribution in [2.45, 2.75) is 39.5 Å². The largest absolute Gasteiger partial charge is 0.299 e. The maximum absolute atomic E-state index is 9.45. The van der Waals surface area contributed by atoms with Crippen molar-refractivity contribution < 1.29 is 0 Å². The third-order valence-electron chi connectivity index (χ3n) is 4.33. The van der Waals surface area contributed by atoms with Crippen LogP contribution in [-0.2, 0) is 0 Å². The first kappa shape index (κ1) is 15.3. The zero-order valence-corrected chi connectivity index (χ0v) is 14.0. The van der Waals surface area contributed by atoms with E-state index < -0.39 is 0 Å². The number of pyridine rings is 1. The van der Waals surface area contributed by atoms with Gasteiger partial charge in [-0.1, -0.05) is 44.2 Å². The molecule has 3 heteroatoms. The summed E-state index contributed by atoms with van der Waals surface area (Å²) in [6.07, 6.45) is 0. The number of rotatable bonds is 3. The first-order valence-corrected chi connectivity index (χ1v) is 8.01. The quantitative estimate of drug-likeness (QED) is 0.678. The van der Waals surface area contributed by atoms with E-state index >= 15 is 0 Å². The Morgan fingerprint density at radius 2 is 1.74 bits per heavy atom. The zero-order chi connectivity index (χ0) is 16.6. The number of nitrogens with zero attached hydrogens (tertiary/aromatic N) is 3. The van der Waals surface area contributed by atoms with Crippen LogP contribution in [0.4, 0.5) is 0 Å². The van der Waals surface area contributed by atoms with E-state index in [2.05, 4.69) is 48.6 Å². The Kier molecular flexibility index (Phi) is 3.92. The Bertz CT molecular complexity index is 880. The van der Waals surface area contributed by atoms with Gasteiger partial charge in [-0.2, -0.15) is 5.26 Å². The summed E-state index contributed by atoms with van der Waals surface area (Å²) in [5.41, 5.74) is 6.24. The number of fused-ring (bicyclic) bond motifs is 1. The summed E-state index contributed by atoms with van der Waals surface area (Å²) < 4.78 is 2.10. The molecule has 0 bridgehead atoms. The van der Waals surface area contributed by atoms with Gasteiger partial charge in [0, 0.05) is 11.3 Å². The SMILES string of the molecule is Cc1cccc2nc(-c3ccc(C(C)C)cc3)c(C(C)C#N)n12. The molecule has 0 N–H and O–H groups in total. The van der Waals surface area contributed by atoms with E-state index in [9.17, 15) is 5.26 Å². The van der Waals surface area contributed by atoms with Gasteiger partial charge in [0.25, 0.3) is 0 Å². The van der Waals surface area contributed by atoms with E-state index in [4.69, 9.17) is 4.98 Å². The molecule has 0 saturated carbocycles. The molecule has 1 aromatic carbocycles. The Morgan fingerprint density at radius 1 is 1.04 bits per heavy atom. The Labute approximate surface area is 137 Å². The lowest BCUT2D eigenvalue weighted by Gasteiger charge is -2.10. The van der Waals surface area contributed by atoms with Crippen molar-refractivity contribution in [3.63, 3.8) is 0 Å². The normalized spacial score (nSPS) is 12.5. The molecule has 0 spiro atoms. The van der Waals surface area contributed by atoms with Crippen LogP contribution < -0.4 is 0 Å². The molecule has 0 aliphatic rings. The van der Waals surface area contributed by atoms with E-state index in [0.29, 0.717) is 5.92 Å². The lowest BCUT2D eigenvalue weighted by molar-refractivity contribution is 0.866. The molecule has 3 rings (SSSR count). The molecule has 0 aliphatic heterocycles. The second kappa shape index (κ2) is 5.89. The Morgan fingerprint density at radius 3 is 2.35 bits per heavy atom. The third kappa shape index (κ3) is 2.61. The van der Waals surface area contributed by atoms with Crippen molar-refractivity contribution >= 4 is 5.65 Å². The number of benzene rings is 1. The van der Waals surface area contributed by atoms with Crippen LogP contribution in [0, 0.1) is 18.3 Å². The first-order valence-electron chi connectivity index (χ1n) is 8.01. The summed E-state index contributed by atoms with van der Waals surface area (Å²) in [7, 11) is 0. The van der Waals surface area contributed by atoms with Crippen LogP contribution in [0.5, 0.6) is 0 Å². The van der Waals surface area contributed by atoms with Gasteiger partial charge in [0.1, 0.15) is 5.65 Å². The number of aryl methyl sites for hydroxylation is 1. The lowest BCUT2D eigenvalue weighted by atomic mass is 9.98. The average Bonchev–Trinajstić information content (AvgIpc) is 2.95. The summed E-state index contributed by atoms with van der Waals surface area (Å²) in [6.45, 7) is 8.36. The standard InChI is InChI=1S/C20H21N3/c1-13(2)16-8-10-17(11-9-16)19-20(14(3)12-21)23-15(4)6-5-7-18(23)22-19/h5-11,13-14H,1-4H3. The van der Waals surface area contributed by atoms with E-state index in [1.807, 2.05) is 32.0 Å². The molecule has 2 heterocycles. The highest BCUT2D eigenvalue weighted by atomic mass is 15.0. The smallest absolute Gasteiger partial charge is 0.137 e. The van der Waals surface area contributed by atoms with Crippen molar-refractivity contribution in [1.82, 2.24) is 9.38 Å². The minimum atomic E-state index is -0.217. The molecule has 0 radical (unpaired) electrons. The summed E-state index contributed by atoms with van der Waals surface area (Å²) in [5.74, 6) is 0.288. The summed E-state index contributed by atoms with van der Waals surface area (Å²) in [4.78, 5) is 4.80. The minimum Gasteiger partial charge on any atom is -0.299 e.